The Morgan fingerprint density at radius 3 is 2.83 bits per heavy atom. The van der Waals surface area contributed by atoms with E-state index in [2.05, 4.69) is 4.72 Å². The Morgan fingerprint density at radius 1 is 1.28 bits per heavy atom. The summed E-state index contributed by atoms with van der Waals surface area (Å²) in [6, 6.07) is 5.35. The molecule has 1 aromatic carbocycles. The van der Waals surface area contributed by atoms with Gasteiger partial charge in [0.2, 0.25) is 16.8 Å². The molecule has 1 heterocycles. The smallest absolute Gasteiger partial charge is 0.231 e. The number of ether oxygens (including phenoxy) is 2. The van der Waals surface area contributed by atoms with Crippen molar-refractivity contribution >= 4 is 10.0 Å². The van der Waals surface area contributed by atoms with Crippen LogP contribution >= 0.6 is 0 Å². The van der Waals surface area contributed by atoms with E-state index in [1.807, 2.05) is 0 Å². The Bertz CT molecular complexity index is 516. The fraction of sp³-hybridized carbons (Fsp3) is 0.455. The van der Waals surface area contributed by atoms with Crippen LogP contribution in [0, 0.1) is 0 Å². The number of benzene rings is 1. The highest BCUT2D eigenvalue weighted by Crippen LogP contribution is 2.32. The van der Waals surface area contributed by atoms with Gasteiger partial charge in [0.05, 0.1) is 5.75 Å². The number of fused-ring (bicyclic) bond motifs is 1. The predicted molar refractivity (Wildman–Crippen MR) is 66.9 cm³/mol. The molecular formula is C11H16N2O4S. The number of hydrogen-bond donors (Lipinski definition) is 2. The average molecular weight is 272 g/mol. The van der Waals surface area contributed by atoms with Gasteiger partial charge < -0.3 is 15.2 Å². The topological polar surface area (TPSA) is 90.7 Å². The van der Waals surface area contributed by atoms with Gasteiger partial charge in [0.1, 0.15) is 0 Å². The zero-order valence-electron chi connectivity index (χ0n) is 9.89. The van der Waals surface area contributed by atoms with Crippen LogP contribution in [0.1, 0.15) is 12.0 Å². The van der Waals surface area contributed by atoms with E-state index < -0.39 is 10.0 Å². The molecule has 0 bridgehead atoms. The summed E-state index contributed by atoms with van der Waals surface area (Å²) in [7, 11) is -3.26. The van der Waals surface area contributed by atoms with Crippen LogP contribution in [0.25, 0.3) is 0 Å². The number of nitrogens with one attached hydrogen (secondary N) is 1. The van der Waals surface area contributed by atoms with Gasteiger partial charge in [-0.1, -0.05) is 6.07 Å². The summed E-state index contributed by atoms with van der Waals surface area (Å²) < 4.78 is 36.1. The second-order valence-electron chi connectivity index (χ2n) is 3.97. The molecule has 1 aliphatic heterocycles. The second-order valence-corrected chi connectivity index (χ2v) is 5.90. The first kappa shape index (κ1) is 13.1. The van der Waals surface area contributed by atoms with Crippen LogP contribution in [0.4, 0.5) is 0 Å². The van der Waals surface area contributed by atoms with E-state index in [4.69, 9.17) is 15.2 Å². The van der Waals surface area contributed by atoms with Crippen LogP contribution in [-0.4, -0.2) is 27.5 Å². The van der Waals surface area contributed by atoms with Crippen LogP contribution in [0.3, 0.4) is 0 Å². The van der Waals surface area contributed by atoms with Gasteiger partial charge in [-0.05, 0) is 30.7 Å². The molecule has 0 radical (unpaired) electrons. The third-order valence-electron chi connectivity index (χ3n) is 2.55. The lowest BCUT2D eigenvalue weighted by atomic mass is 10.2. The molecule has 1 aliphatic rings. The lowest BCUT2D eigenvalue weighted by Gasteiger charge is -2.06. The molecule has 0 aliphatic carbocycles. The van der Waals surface area contributed by atoms with Crippen LogP contribution in [0.15, 0.2) is 18.2 Å². The van der Waals surface area contributed by atoms with Gasteiger partial charge in [0.25, 0.3) is 0 Å². The zero-order chi connectivity index (χ0) is 13.0. The van der Waals surface area contributed by atoms with Gasteiger partial charge in [-0.3, -0.25) is 0 Å². The molecule has 100 valence electrons. The fourth-order valence-electron chi connectivity index (χ4n) is 1.59. The zero-order valence-corrected chi connectivity index (χ0v) is 10.7. The number of sulfonamides is 1. The van der Waals surface area contributed by atoms with Crippen molar-refractivity contribution in [2.45, 2.75) is 13.0 Å². The van der Waals surface area contributed by atoms with Crippen molar-refractivity contribution in [2.75, 3.05) is 19.1 Å². The largest absolute Gasteiger partial charge is 0.454 e. The molecule has 3 N–H and O–H groups in total. The average Bonchev–Trinajstić information content (AvgIpc) is 2.81. The number of nitrogens with two attached hydrogens (primary N) is 1. The van der Waals surface area contributed by atoms with Crippen molar-refractivity contribution < 1.29 is 17.9 Å². The maximum absolute atomic E-state index is 11.6. The highest BCUT2D eigenvalue weighted by molar-refractivity contribution is 7.89. The second kappa shape index (κ2) is 5.55. The van der Waals surface area contributed by atoms with Crippen LogP contribution < -0.4 is 19.9 Å². The molecule has 0 spiro atoms. The van der Waals surface area contributed by atoms with Gasteiger partial charge in [0.15, 0.2) is 11.5 Å². The minimum atomic E-state index is -3.26. The Labute approximate surface area is 106 Å². The molecule has 1 aromatic rings. The Morgan fingerprint density at radius 2 is 2.06 bits per heavy atom. The Balaban J connectivity index is 1.94. The summed E-state index contributed by atoms with van der Waals surface area (Å²) in [6.07, 6.45) is 0.455. The molecule has 0 atom stereocenters. The van der Waals surface area contributed by atoms with Gasteiger partial charge in [-0.2, -0.15) is 0 Å². The third kappa shape index (κ3) is 3.34. The number of hydrogen-bond acceptors (Lipinski definition) is 5. The first-order valence-electron chi connectivity index (χ1n) is 5.67. The molecular weight excluding hydrogens is 256 g/mol. The van der Waals surface area contributed by atoms with Gasteiger partial charge in [-0.25, -0.2) is 13.1 Å². The van der Waals surface area contributed by atoms with Crippen LogP contribution in [-0.2, 0) is 16.6 Å². The fourth-order valence-corrected chi connectivity index (χ4v) is 2.67. The summed E-state index contributed by atoms with van der Waals surface area (Å²) in [4.78, 5) is 0. The van der Waals surface area contributed by atoms with E-state index in [9.17, 15) is 8.42 Å². The molecule has 7 heteroatoms. The maximum Gasteiger partial charge on any atom is 0.231 e. The molecule has 0 unspecified atom stereocenters. The third-order valence-corrected chi connectivity index (χ3v) is 3.96. The molecule has 6 nitrogen and oxygen atoms in total. The summed E-state index contributed by atoms with van der Waals surface area (Å²) >= 11 is 0. The van der Waals surface area contributed by atoms with Crippen molar-refractivity contribution in [3.63, 3.8) is 0 Å². The van der Waals surface area contributed by atoms with Crippen molar-refractivity contribution in [1.82, 2.24) is 4.72 Å². The quantitative estimate of drug-likeness (QED) is 0.771. The lowest BCUT2D eigenvalue weighted by molar-refractivity contribution is 0.174. The normalized spacial score (nSPS) is 13.8. The lowest BCUT2D eigenvalue weighted by Crippen LogP contribution is -2.27. The first-order valence-corrected chi connectivity index (χ1v) is 7.32. The minimum absolute atomic E-state index is 0.0497. The van der Waals surface area contributed by atoms with Gasteiger partial charge in [-0.15, -0.1) is 0 Å². The van der Waals surface area contributed by atoms with E-state index in [1.54, 1.807) is 18.2 Å². The molecule has 0 fully saturated rings. The van der Waals surface area contributed by atoms with Crippen LogP contribution in [0.5, 0.6) is 11.5 Å². The highest BCUT2D eigenvalue weighted by Gasteiger charge is 2.14. The van der Waals surface area contributed by atoms with E-state index in [0.717, 1.165) is 5.56 Å². The van der Waals surface area contributed by atoms with Crippen molar-refractivity contribution in [2.24, 2.45) is 5.73 Å². The molecule has 0 saturated carbocycles. The summed E-state index contributed by atoms with van der Waals surface area (Å²) in [5, 5.41) is 0. The minimum Gasteiger partial charge on any atom is -0.454 e. The van der Waals surface area contributed by atoms with E-state index in [0.29, 0.717) is 24.5 Å². The van der Waals surface area contributed by atoms with Crippen molar-refractivity contribution in [1.29, 1.82) is 0 Å². The molecule has 0 amide bonds. The predicted octanol–water partition coefficient (Wildman–Crippen LogP) is 0.184. The monoisotopic (exact) mass is 272 g/mol. The first-order chi connectivity index (χ1) is 8.61. The van der Waals surface area contributed by atoms with E-state index >= 15 is 0 Å². The summed E-state index contributed by atoms with van der Waals surface area (Å²) in [6.45, 7) is 0.815. The molecule has 2 rings (SSSR count). The van der Waals surface area contributed by atoms with Crippen molar-refractivity contribution in [3.05, 3.63) is 23.8 Å². The summed E-state index contributed by atoms with van der Waals surface area (Å²) in [5.74, 6) is 1.38. The number of rotatable bonds is 6. The standard InChI is InChI=1S/C11H16N2O4S/c12-4-1-5-18(14,15)13-7-9-2-3-10-11(6-9)17-8-16-10/h2-3,6,13H,1,4-5,7-8,12H2. The highest BCUT2D eigenvalue weighted by atomic mass is 32.2. The van der Waals surface area contributed by atoms with Gasteiger partial charge >= 0.3 is 0 Å². The van der Waals surface area contributed by atoms with E-state index in [1.165, 1.54) is 0 Å². The summed E-state index contributed by atoms with van der Waals surface area (Å²) in [5.41, 5.74) is 6.11. The molecule has 0 aromatic heterocycles. The van der Waals surface area contributed by atoms with Gasteiger partial charge in [0, 0.05) is 6.54 Å². The molecule has 0 saturated heterocycles. The van der Waals surface area contributed by atoms with E-state index in [-0.39, 0.29) is 19.1 Å². The maximum atomic E-state index is 11.6. The Kier molecular flexibility index (Phi) is 4.05. The van der Waals surface area contributed by atoms with Crippen molar-refractivity contribution in [3.8, 4) is 11.5 Å². The molecule has 18 heavy (non-hydrogen) atoms. The SMILES string of the molecule is NCCCS(=O)(=O)NCc1ccc2c(c1)OCO2. The van der Waals surface area contributed by atoms with Crippen LogP contribution in [0.2, 0.25) is 0 Å². The Hall–Kier alpha value is -1.31.